The van der Waals surface area contributed by atoms with E-state index in [0.29, 0.717) is 26.2 Å². The Morgan fingerprint density at radius 1 is 0.964 bits per heavy atom. The van der Waals surface area contributed by atoms with Crippen LogP contribution in [0.25, 0.3) is 0 Å². The van der Waals surface area contributed by atoms with E-state index in [1.54, 1.807) is 4.90 Å². The fourth-order valence-corrected chi connectivity index (χ4v) is 3.46. The number of carbonyl (C=O) groups is 2. The molecule has 2 atom stereocenters. The smallest absolute Gasteiger partial charge is 0.321 e. The molecule has 0 bridgehead atoms. The van der Waals surface area contributed by atoms with Crippen LogP contribution in [0.2, 0.25) is 0 Å². The number of amides is 3. The van der Waals surface area contributed by atoms with Crippen LogP contribution in [0.4, 0.5) is 10.5 Å². The van der Waals surface area contributed by atoms with E-state index in [1.165, 1.54) is 0 Å². The van der Waals surface area contributed by atoms with Gasteiger partial charge in [-0.1, -0.05) is 49.4 Å². The molecule has 6 nitrogen and oxygen atoms in total. The van der Waals surface area contributed by atoms with Crippen LogP contribution in [0.5, 0.6) is 0 Å². The van der Waals surface area contributed by atoms with Crippen LogP contribution in [-0.2, 0) is 4.79 Å². The Kier molecular flexibility index (Phi) is 6.31. The standard InChI is InChI=1S/C22H28N4O2/c1-16-7-6-10-19(15-16)24-22(28)26-13-11-25(12-14-26)21(27)17(2)20(23)18-8-4-3-5-9-18/h3-10,15,17,20H,11-14,23H2,1-2H3,(H,24,28). The number of carbonyl (C=O) groups excluding carboxylic acids is 2. The highest BCUT2D eigenvalue weighted by Gasteiger charge is 2.30. The fraction of sp³-hybridized carbons (Fsp3) is 0.364. The first kappa shape index (κ1) is 19.9. The predicted molar refractivity (Wildman–Crippen MR) is 111 cm³/mol. The number of nitrogens with two attached hydrogens (primary N) is 1. The lowest BCUT2D eigenvalue weighted by atomic mass is 9.94. The van der Waals surface area contributed by atoms with Crippen molar-refractivity contribution < 1.29 is 9.59 Å². The second-order valence-corrected chi connectivity index (χ2v) is 7.34. The lowest BCUT2D eigenvalue weighted by Crippen LogP contribution is -2.53. The summed E-state index contributed by atoms with van der Waals surface area (Å²) in [7, 11) is 0. The van der Waals surface area contributed by atoms with Gasteiger partial charge in [-0.05, 0) is 30.2 Å². The molecule has 0 saturated carbocycles. The Morgan fingerprint density at radius 3 is 2.25 bits per heavy atom. The van der Waals surface area contributed by atoms with Gasteiger partial charge >= 0.3 is 6.03 Å². The molecule has 1 aliphatic heterocycles. The van der Waals surface area contributed by atoms with E-state index >= 15 is 0 Å². The van der Waals surface area contributed by atoms with Gasteiger partial charge < -0.3 is 20.9 Å². The molecule has 2 aromatic rings. The number of benzene rings is 2. The number of aryl methyl sites for hydroxylation is 1. The molecule has 3 amide bonds. The summed E-state index contributed by atoms with van der Waals surface area (Å²) in [5.74, 6) is -0.273. The third kappa shape index (κ3) is 4.70. The summed E-state index contributed by atoms with van der Waals surface area (Å²) in [5.41, 5.74) is 9.13. The first-order valence-corrected chi connectivity index (χ1v) is 9.67. The van der Waals surface area contributed by atoms with Crippen molar-refractivity contribution in [3.8, 4) is 0 Å². The molecular weight excluding hydrogens is 352 g/mol. The van der Waals surface area contributed by atoms with Crippen LogP contribution in [0, 0.1) is 12.8 Å². The lowest BCUT2D eigenvalue weighted by molar-refractivity contribution is -0.137. The number of nitrogens with zero attached hydrogens (tertiary/aromatic N) is 2. The Labute approximate surface area is 166 Å². The molecule has 1 aliphatic rings. The SMILES string of the molecule is Cc1cccc(NC(=O)N2CCN(C(=O)C(C)C(N)c3ccccc3)CC2)c1. The quantitative estimate of drug-likeness (QED) is 0.856. The van der Waals surface area contributed by atoms with Crippen LogP contribution < -0.4 is 11.1 Å². The highest BCUT2D eigenvalue weighted by Crippen LogP contribution is 2.22. The summed E-state index contributed by atoms with van der Waals surface area (Å²) < 4.78 is 0. The average molecular weight is 380 g/mol. The molecule has 2 unspecified atom stereocenters. The van der Waals surface area contributed by atoms with Crippen molar-refractivity contribution >= 4 is 17.6 Å². The Bertz CT molecular complexity index is 816. The van der Waals surface area contributed by atoms with E-state index in [2.05, 4.69) is 5.32 Å². The van der Waals surface area contributed by atoms with Gasteiger partial charge in [0, 0.05) is 37.9 Å². The maximum absolute atomic E-state index is 12.8. The minimum absolute atomic E-state index is 0.0371. The molecule has 0 spiro atoms. The Hall–Kier alpha value is -2.86. The molecule has 1 fully saturated rings. The second kappa shape index (κ2) is 8.89. The molecule has 1 saturated heterocycles. The first-order valence-electron chi connectivity index (χ1n) is 9.67. The van der Waals surface area contributed by atoms with Gasteiger partial charge in [-0.25, -0.2) is 4.79 Å². The van der Waals surface area contributed by atoms with E-state index in [0.717, 1.165) is 16.8 Å². The summed E-state index contributed by atoms with van der Waals surface area (Å²) >= 11 is 0. The molecule has 28 heavy (non-hydrogen) atoms. The minimum atomic E-state index is -0.337. The Balaban J connectivity index is 1.53. The number of hydrogen-bond donors (Lipinski definition) is 2. The zero-order valence-electron chi connectivity index (χ0n) is 16.5. The largest absolute Gasteiger partial charge is 0.339 e. The van der Waals surface area contributed by atoms with Crippen LogP contribution in [-0.4, -0.2) is 47.9 Å². The molecule has 6 heteroatoms. The number of piperazine rings is 1. The molecule has 3 rings (SSSR count). The molecule has 0 aliphatic carbocycles. The maximum Gasteiger partial charge on any atom is 0.321 e. The van der Waals surface area contributed by atoms with Gasteiger partial charge in [0.25, 0.3) is 0 Å². The van der Waals surface area contributed by atoms with Gasteiger partial charge in [-0.15, -0.1) is 0 Å². The van der Waals surface area contributed by atoms with Crippen LogP contribution in [0.3, 0.4) is 0 Å². The normalized spacial score (nSPS) is 16.4. The summed E-state index contributed by atoms with van der Waals surface area (Å²) in [6.07, 6.45) is 0. The third-order valence-electron chi connectivity index (χ3n) is 5.26. The minimum Gasteiger partial charge on any atom is -0.339 e. The zero-order valence-corrected chi connectivity index (χ0v) is 16.5. The number of urea groups is 1. The second-order valence-electron chi connectivity index (χ2n) is 7.34. The summed E-state index contributed by atoms with van der Waals surface area (Å²) in [6.45, 7) is 5.92. The molecular formula is C22H28N4O2. The fourth-order valence-electron chi connectivity index (χ4n) is 3.46. The number of hydrogen-bond acceptors (Lipinski definition) is 3. The first-order chi connectivity index (χ1) is 13.5. The molecule has 0 radical (unpaired) electrons. The molecule has 148 valence electrons. The summed E-state index contributed by atoms with van der Waals surface area (Å²) in [4.78, 5) is 28.9. The van der Waals surface area contributed by atoms with Gasteiger partial charge in [-0.2, -0.15) is 0 Å². The molecule has 2 aromatic carbocycles. The van der Waals surface area contributed by atoms with Crippen molar-refractivity contribution in [2.75, 3.05) is 31.5 Å². The van der Waals surface area contributed by atoms with Crippen molar-refractivity contribution in [1.82, 2.24) is 9.80 Å². The summed E-state index contributed by atoms with van der Waals surface area (Å²) in [5, 5.41) is 2.92. The predicted octanol–water partition coefficient (Wildman–Crippen LogP) is 3.01. The lowest BCUT2D eigenvalue weighted by Gasteiger charge is -2.36. The van der Waals surface area contributed by atoms with Crippen LogP contribution in [0.1, 0.15) is 24.1 Å². The van der Waals surface area contributed by atoms with Crippen molar-refractivity contribution in [2.45, 2.75) is 19.9 Å². The highest BCUT2D eigenvalue weighted by molar-refractivity contribution is 5.89. The molecule has 1 heterocycles. The van der Waals surface area contributed by atoms with E-state index in [4.69, 9.17) is 5.73 Å². The number of rotatable bonds is 4. The van der Waals surface area contributed by atoms with E-state index in [1.807, 2.05) is 73.3 Å². The highest BCUT2D eigenvalue weighted by atomic mass is 16.2. The third-order valence-corrected chi connectivity index (χ3v) is 5.26. The average Bonchev–Trinajstić information content (AvgIpc) is 2.73. The number of nitrogens with one attached hydrogen (secondary N) is 1. The van der Waals surface area contributed by atoms with Crippen molar-refractivity contribution in [1.29, 1.82) is 0 Å². The van der Waals surface area contributed by atoms with E-state index in [-0.39, 0.29) is 23.9 Å². The van der Waals surface area contributed by atoms with E-state index in [9.17, 15) is 9.59 Å². The van der Waals surface area contributed by atoms with Crippen molar-refractivity contribution in [3.05, 3.63) is 65.7 Å². The number of anilines is 1. The van der Waals surface area contributed by atoms with E-state index < -0.39 is 0 Å². The Morgan fingerprint density at radius 2 is 1.61 bits per heavy atom. The van der Waals surface area contributed by atoms with Gasteiger partial charge in [-0.3, -0.25) is 4.79 Å². The topological polar surface area (TPSA) is 78.7 Å². The maximum atomic E-state index is 12.8. The van der Waals surface area contributed by atoms with Gasteiger partial charge in [0.1, 0.15) is 0 Å². The van der Waals surface area contributed by atoms with Gasteiger partial charge in [0.15, 0.2) is 0 Å². The van der Waals surface area contributed by atoms with Crippen LogP contribution in [0.15, 0.2) is 54.6 Å². The monoisotopic (exact) mass is 380 g/mol. The summed E-state index contributed by atoms with van der Waals surface area (Å²) in [6, 6.07) is 16.9. The van der Waals surface area contributed by atoms with Crippen molar-refractivity contribution in [2.24, 2.45) is 11.7 Å². The zero-order chi connectivity index (χ0) is 20.1. The van der Waals surface area contributed by atoms with Gasteiger partial charge in [0.2, 0.25) is 5.91 Å². The van der Waals surface area contributed by atoms with Crippen molar-refractivity contribution in [3.63, 3.8) is 0 Å². The molecule has 0 aromatic heterocycles. The van der Waals surface area contributed by atoms with Gasteiger partial charge in [0.05, 0.1) is 5.92 Å². The molecule has 3 N–H and O–H groups in total. The van der Waals surface area contributed by atoms with Crippen LogP contribution >= 0.6 is 0 Å².